The van der Waals surface area contributed by atoms with Gasteiger partial charge in [0.2, 0.25) is 0 Å². The van der Waals surface area contributed by atoms with Crippen LogP contribution in [0, 0.1) is 13.8 Å². The van der Waals surface area contributed by atoms with Gasteiger partial charge in [-0.3, -0.25) is 0 Å². The van der Waals surface area contributed by atoms with Gasteiger partial charge in [0.15, 0.2) is 0 Å². The fraction of sp³-hybridized carbons (Fsp3) is 0.333. The maximum Gasteiger partial charge on any atom is 2.00 e. The zero-order chi connectivity index (χ0) is 9.23. The Morgan fingerprint density at radius 1 is 1.15 bits per heavy atom. The molecule has 0 aromatic heterocycles. The fourth-order valence-electron chi connectivity index (χ4n) is 0.728. The summed E-state index contributed by atoms with van der Waals surface area (Å²) in [5.74, 6) is 0. The Balaban J connectivity index is 0. The van der Waals surface area contributed by atoms with Gasteiger partial charge >= 0.3 is 23.1 Å². The molecule has 0 nitrogen and oxygen atoms in total. The Labute approximate surface area is 98.9 Å². The average Bonchev–Trinajstić information content (AvgIpc) is 2.08. The molecule has 13 heavy (non-hydrogen) atoms. The predicted molar refractivity (Wildman–Crippen MR) is 61.5 cm³/mol. The van der Waals surface area contributed by atoms with Gasteiger partial charge in [0.1, 0.15) is 0 Å². The average molecular weight is 187 g/mol. The molecule has 1 heteroatoms. The van der Waals surface area contributed by atoms with E-state index >= 15 is 0 Å². The van der Waals surface area contributed by atoms with Crippen LogP contribution in [0.5, 0.6) is 0 Å². The molecule has 0 radical (unpaired) electrons. The Hall–Kier alpha value is -0.144. The van der Waals surface area contributed by atoms with Crippen LogP contribution in [0.15, 0.2) is 30.3 Å². The van der Waals surface area contributed by atoms with E-state index in [1.165, 1.54) is 12.8 Å². The smallest absolute Gasteiger partial charge is 0.343 e. The first-order chi connectivity index (χ1) is 5.81. The molecule has 1 aromatic rings. The number of hydrogen-bond donors (Lipinski definition) is 0. The van der Waals surface area contributed by atoms with Crippen LogP contribution < -0.4 is 0 Å². The van der Waals surface area contributed by atoms with Crippen molar-refractivity contribution in [2.24, 2.45) is 0 Å². The van der Waals surface area contributed by atoms with Gasteiger partial charge < -0.3 is 6.92 Å². The standard InChI is InChI=1S/C7H7.C5H11.Mg/c1-7-5-3-2-4-6-7;1-3-5-4-2;/h2-6H,1H2;1,3-5H2,2H3;/q2*-1;+2. The number of unbranched alkanes of at least 4 members (excludes halogenated alkanes) is 2. The van der Waals surface area contributed by atoms with E-state index in [4.69, 9.17) is 0 Å². The topological polar surface area (TPSA) is 0 Å². The van der Waals surface area contributed by atoms with Crippen molar-refractivity contribution in [3.8, 4) is 0 Å². The quantitative estimate of drug-likeness (QED) is 0.490. The van der Waals surface area contributed by atoms with Crippen molar-refractivity contribution in [2.75, 3.05) is 0 Å². The summed E-state index contributed by atoms with van der Waals surface area (Å²) in [4.78, 5) is 0. The van der Waals surface area contributed by atoms with Crippen LogP contribution in [-0.2, 0) is 0 Å². The third kappa shape index (κ3) is 11.9. The van der Waals surface area contributed by atoms with Crippen LogP contribution in [0.25, 0.3) is 0 Å². The Kier molecular flexibility index (Phi) is 14.0. The molecule has 0 bridgehead atoms. The van der Waals surface area contributed by atoms with Gasteiger partial charge in [-0.2, -0.15) is 31.0 Å². The maximum atomic E-state index is 3.72. The molecular weight excluding hydrogens is 168 g/mol. The van der Waals surface area contributed by atoms with Crippen molar-refractivity contribution >= 4 is 23.1 Å². The minimum absolute atomic E-state index is 0. The minimum Gasteiger partial charge on any atom is -0.343 e. The van der Waals surface area contributed by atoms with Gasteiger partial charge in [-0.15, -0.1) is 12.1 Å². The van der Waals surface area contributed by atoms with E-state index in [0.717, 1.165) is 12.0 Å². The molecule has 0 amide bonds. The third-order valence-electron chi connectivity index (χ3n) is 1.45. The molecule has 1 rings (SSSR count). The first-order valence-electron chi connectivity index (χ1n) is 4.47. The number of hydrogen-bond acceptors (Lipinski definition) is 0. The van der Waals surface area contributed by atoms with Crippen molar-refractivity contribution in [1.82, 2.24) is 0 Å². The van der Waals surface area contributed by atoms with Gasteiger partial charge in [-0.25, -0.2) is 0 Å². The summed E-state index contributed by atoms with van der Waals surface area (Å²) in [6, 6.07) is 9.87. The molecule has 0 saturated carbocycles. The summed E-state index contributed by atoms with van der Waals surface area (Å²) in [7, 11) is 0. The van der Waals surface area contributed by atoms with Crippen LogP contribution in [-0.4, -0.2) is 23.1 Å². The van der Waals surface area contributed by atoms with Crippen molar-refractivity contribution in [1.29, 1.82) is 0 Å². The Morgan fingerprint density at radius 3 is 1.85 bits per heavy atom. The van der Waals surface area contributed by atoms with E-state index in [9.17, 15) is 0 Å². The molecule has 0 fully saturated rings. The first-order valence-corrected chi connectivity index (χ1v) is 4.47. The van der Waals surface area contributed by atoms with E-state index in [2.05, 4.69) is 20.8 Å². The largest absolute Gasteiger partial charge is 2.00 e. The molecular formula is C12H18Mg. The second-order valence-electron chi connectivity index (χ2n) is 2.69. The first kappa shape index (κ1) is 15.3. The molecule has 1 aromatic carbocycles. The summed E-state index contributed by atoms with van der Waals surface area (Å²) in [6.45, 7) is 9.57. The van der Waals surface area contributed by atoms with Crippen LogP contribution in [0.1, 0.15) is 31.7 Å². The predicted octanol–water partition coefficient (Wildman–Crippen LogP) is 3.50. The molecule has 0 unspecified atom stereocenters. The normalized spacial score (nSPS) is 7.85. The van der Waals surface area contributed by atoms with E-state index in [1.54, 1.807) is 0 Å². The van der Waals surface area contributed by atoms with Gasteiger partial charge in [0.05, 0.1) is 0 Å². The molecule has 0 spiro atoms. The number of rotatable bonds is 2. The fourth-order valence-corrected chi connectivity index (χ4v) is 0.728. The van der Waals surface area contributed by atoms with E-state index in [0.29, 0.717) is 0 Å². The van der Waals surface area contributed by atoms with Crippen LogP contribution in [0.3, 0.4) is 0 Å². The number of benzene rings is 1. The molecule has 0 aliphatic heterocycles. The van der Waals surface area contributed by atoms with Gasteiger partial charge in [0, 0.05) is 0 Å². The Bertz CT molecular complexity index is 168. The molecule has 0 N–H and O–H groups in total. The molecule has 0 aliphatic carbocycles. The SMILES string of the molecule is [CH2-]CCCC.[CH2-]c1ccccc1.[Mg+2]. The van der Waals surface area contributed by atoms with Crippen molar-refractivity contribution in [3.63, 3.8) is 0 Å². The molecule has 0 heterocycles. The third-order valence-corrected chi connectivity index (χ3v) is 1.45. The summed E-state index contributed by atoms with van der Waals surface area (Å²) in [5, 5.41) is 0. The molecule has 68 valence electrons. The second kappa shape index (κ2) is 11.9. The van der Waals surface area contributed by atoms with Crippen LogP contribution >= 0.6 is 0 Å². The zero-order valence-electron chi connectivity index (χ0n) is 8.63. The van der Waals surface area contributed by atoms with Crippen molar-refractivity contribution in [3.05, 3.63) is 49.7 Å². The van der Waals surface area contributed by atoms with Crippen molar-refractivity contribution in [2.45, 2.75) is 26.2 Å². The molecule has 0 saturated heterocycles. The molecule has 0 atom stereocenters. The molecule has 0 aliphatic rings. The summed E-state index contributed by atoms with van der Waals surface area (Å²) >= 11 is 0. The maximum absolute atomic E-state index is 3.72. The van der Waals surface area contributed by atoms with Crippen LogP contribution in [0.2, 0.25) is 0 Å². The zero-order valence-corrected chi connectivity index (χ0v) is 10.0. The monoisotopic (exact) mass is 186 g/mol. The summed E-state index contributed by atoms with van der Waals surface area (Å²) in [6.07, 6.45) is 3.65. The van der Waals surface area contributed by atoms with E-state index in [1.807, 2.05) is 30.3 Å². The second-order valence-corrected chi connectivity index (χ2v) is 2.69. The van der Waals surface area contributed by atoms with Gasteiger partial charge in [-0.05, 0) is 0 Å². The van der Waals surface area contributed by atoms with Gasteiger partial charge in [-0.1, -0.05) is 25.8 Å². The van der Waals surface area contributed by atoms with Crippen LogP contribution in [0.4, 0.5) is 0 Å². The Morgan fingerprint density at radius 2 is 1.69 bits per heavy atom. The van der Waals surface area contributed by atoms with E-state index < -0.39 is 0 Å². The summed E-state index contributed by atoms with van der Waals surface area (Å²) in [5.41, 5.74) is 1.07. The minimum atomic E-state index is 0. The summed E-state index contributed by atoms with van der Waals surface area (Å²) < 4.78 is 0. The van der Waals surface area contributed by atoms with Crippen molar-refractivity contribution < 1.29 is 0 Å². The van der Waals surface area contributed by atoms with Gasteiger partial charge in [0.25, 0.3) is 0 Å². The van der Waals surface area contributed by atoms with E-state index in [-0.39, 0.29) is 23.1 Å².